The van der Waals surface area contributed by atoms with Crippen LogP contribution in [0.15, 0.2) is 52.2 Å². The summed E-state index contributed by atoms with van der Waals surface area (Å²) >= 11 is 7.51. The molecular weight excluding hydrogens is 386 g/mol. The van der Waals surface area contributed by atoms with Crippen molar-refractivity contribution < 1.29 is 9.53 Å². The highest BCUT2D eigenvalue weighted by atomic mass is 35.5. The van der Waals surface area contributed by atoms with Crippen LogP contribution in [0.2, 0.25) is 5.02 Å². The van der Waals surface area contributed by atoms with Gasteiger partial charge in [-0.25, -0.2) is 0 Å². The Labute approximate surface area is 164 Å². The maximum Gasteiger partial charge on any atom is 0.283 e. The van der Waals surface area contributed by atoms with E-state index in [0.717, 1.165) is 16.4 Å². The third-order valence-electron chi connectivity index (χ3n) is 4.04. The van der Waals surface area contributed by atoms with Gasteiger partial charge in [0.15, 0.2) is 5.84 Å². The van der Waals surface area contributed by atoms with Gasteiger partial charge in [0.2, 0.25) is 5.17 Å². The molecule has 1 amide bonds. The number of hydrogen-bond acceptors (Lipinski definition) is 5. The summed E-state index contributed by atoms with van der Waals surface area (Å²) in [6.07, 6.45) is 3.49. The molecule has 2 aromatic rings. The van der Waals surface area contributed by atoms with Crippen LogP contribution in [0.3, 0.4) is 0 Å². The standard InChI is InChI=1S/C18H14ClN5O2S/c1-10-22-24-16(20)13(17(25)21-18(24)27-10)8-11-4-3-7-23(11)12-5-6-15(26-2)14(19)9-12/h3-9,20H,1-2H3/b13-8-,20-16?. The minimum Gasteiger partial charge on any atom is -0.495 e. The number of carbonyl (C=O) groups is 1. The SMILES string of the molecule is COc1ccc(-n2cccc2/C=C2/C(=N)N3N=C(C)SC3=NC2=O)cc1Cl. The number of thioether (sulfide) groups is 1. The van der Waals surface area contributed by atoms with E-state index in [9.17, 15) is 4.79 Å². The number of rotatable bonds is 3. The van der Waals surface area contributed by atoms with Crippen LogP contribution in [0.1, 0.15) is 12.6 Å². The normalized spacial score (nSPS) is 17.9. The number of hydrazone groups is 1. The average molecular weight is 400 g/mol. The summed E-state index contributed by atoms with van der Waals surface area (Å²) in [4.78, 5) is 16.5. The molecule has 136 valence electrons. The summed E-state index contributed by atoms with van der Waals surface area (Å²) in [5.41, 5.74) is 1.70. The Morgan fingerprint density at radius 1 is 1.33 bits per heavy atom. The zero-order chi connectivity index (χ0) is 19.1. The van der Waals surface area contributed by atoms with Crippen molar-refractivity contribution in [2.24, 2.45) is 10.1 Å². The second kappa shape index (κ2) is 6.71. The first-order valence-corrected chi connectivity index (χ1v) is 9.15. The lowest BCUT2D eigenvalue weighted by Crippen LogP contribution is -2.35. The molecule has 3 heterocycles. The number of ether oxygens (including phenoxy) is 1. The minimum atomic E-state index is -0.454. The number of aliphatic imine (C=N–C) groups is 1. The largest absolute Gasteiger partial charge is 0.495 e. The van der Waals surface area contributed by atoms with E-state index < -0.39 is 5.91 Å². The average Bonchev–Trinajstić information content (AvgIpc) is 3.24. The lowest BCUT2D eigenvalue weighted by Gasteiger charge is -2.20. The topological polar surface area (TPSA) is 83.0 Å². The van der Waals surface area contributed by atoms with Crippen molar-refractivity contribution in [2.45, 2.75) is 6.92 Å². The van der Waals surface area contributed by atoms with Gasteiger partial charge in [-0.3, -0.25) is 10.2 Å². The number of aromatic nitrogens is 1. The van der Waals surface area contributed by atoms with Gasteiger partial charge in [0.25, 0.3) is 5.91 Å². The molecule has 0 fully saturated rings. The van der Waals surface area contributed by atoms with Crippen LogP contribution in [-0.2, 0) is 4.79 Å². The zero-order valence-electron chi connectivity index (χ0n) is 14.4. The number of amides is 1. The molecule has 0 bridgehead atoms. The Bertz CT molecular complexity index is 1070. The molecule has 27 heavy (non-hydrogen) atoms. The first kappa shape index (κ1) is 17.6. The molecule has 2 aliphatic rings. The van der Waals surface area contributed by atoms with Gasteiger partial charge in [-0.1, -0.05) is 11.6 Å². The lowest BCUT2D eigenvalue weighted by molar-refractivity contribution is -0.114. The van der Waals surface area contributed by atoms with Crippen molar-refractivity contribution >= 4 is 51.4 Å². The van der Waals surface area contributed by atoms with Crippen LogP contribution < -0.4 is 4.74 Å². The number of benzene rings is 1. The van der Waals surface area contributed by atoms with Gasteiger partial charge in [0, 0.05) is 17.6 Å². The third-order valence-corrected chi connectivity index (χ3v) is 5.16. The van der Waals surface area contributed by atoms with Crippen LogP contribution in [0.4, 0.5) is 0 Å². The maximum atomic E-state index is 12.4. The molecule has 1 aromatic heterocycles. The highest BCUT2D eigenvalue weighted by Crippen LogP contribution is 2.30. The highest BCUT2D eigenvalue weighted by molar-refractivity contribution is 8.26. The van der Waals surface area contributed by atoms with Gasteiger partial charge in [-0.2, -0.15) is 15.1 Å². The molecule has 2 aliphatic heterocycles. The van der Waals surface area contributed by atoms with E-state index in [1.54, 1.807) is 25.3 Å². The molecular formula is C18H14ClN5O2S. The highest BCUT2D eigenvalue weighted by Gasteiger charge is 2.34. The van der Waals surface area contributed by atoms with E-state index >= 15 is 0 Å². The molecule has 0 spiro atoms. The van der Waals surface area contributed by atoms with Crippen molar-refractivity contribution in [1.29, 1.82) is 5.41 Å². The Morgan fingerprint density at radius 3 is 2.89 bits per heavy atom. The molecule has 0 unspecified atom stereocenters. The third kappa shape index (κ3) is 3.07. The monoisotopic (exact) mass is 399 g/mol. The fourth-order valence-corrected chi connectivity index (χ4v) is 3.77. The number of methoxy groups -OCH3 is 1. The van der Waals surface area contributed by atoms with Crippen LogP contribution in [0.25, 0.3) is 11.8 Å². The van der Waals surface area contributed by atoms with E-state index in [1.165, 1.54) is 16.8 Å². The first-order valence-electron chi connectivity index (χ1n) is 7.96. The fraction of sp³-hybridized carbons (Fsp3) is 0.111. The Hall–Kier alpha value is -2.84. The minimum absolute atomic E-state index is 0.00913. The van der Waals surface area contributed by atoms with E-state index in [-0.39, 0.29) is 11.4 Å². The number of amidine groups is 2. The summed E-state index contributed by atoms with van der Waals surface area (Å²) in [5, 5.41) is 15.6. The van der Waals surface area contributed by atoms with E-state index in [1.807, 2.05) is 35.9 Å². The summed E-state index contributed by atoms with van der Waals surface area (Å²) in [5.74, 6) is 0.136. The van der Waals surface area contributed by atoms with Crippen molar-refractivity contribution in [2.75, 3.05) is 7.11 Å². The Morgan fingerprint density at radius 2 is 2.15 bits per heavy atom. The lowest BCUT2D eigenvalue weighted by atomic mass is 10.1. The first-order chi connectivity index (χ1) is 13.0. The van der Waals surface area contributed by atoms with E-state index in [2.05, 4.69) is 10.1 Å². The smallest absolute Gasteiger partial charge is 0.283 e. The van der Waals surface area contributed by atoms with Crippen molar-refractivity contribution in [3.05, 3.63) is 52.8 Å². The van der Waals surface area contributed by atoms with Crippen LogP contribution >= 0.6 is 23.4 Å². The summed E-state index contributed by atoms with van der Waals surface area (Å²) in [7, 11) is 1.56. The van der Waals surface area contributed by atoms with Gasteiger partial charge >= 0.3 is 0 Å². The number of fused-ring (bicyclic) bond motifs is 1. The molecule has 0 radical (unpaired) electrons. The van der Waals surface area contributed by atoms with Gasteiger partial charge < -0.3 is 9.30 Å². The van der Waals surface area contributed by atoms with Gasteiger partial charge in [0.05, 0.1) is 22.7 Å². The Kier molecular flexibility index (Phi) is 4.37. The van der Waals surface area contributed by atoms with Crippen molar-refractivity contribution in [3.63, 3.8) is 0 Å². The number of nitrogens with one attached hydrogen (secondary N) is 1. The molecule has 1 N–H and O–H groups in total. The van der Waals surface area contributed by atoms with E-state index in [4.69, 9.17) is 21.7 Å². The predicted molar refractivity (Wildman–Crippen MR) is 108 cm³/mol. The summed E-state index contributed by atoms with van der Waals surface area (Å²) in [6.45, 7) is 1.81. The number of nitrogens with zero attached hydrogens (tertiary/aromatic N) is 4. The number of halogens is 1. The molecule has 0 saturated carbocycles. The molecule has 9 heteroatoms. The second-order valence-electron chi connectivity index (χ2n) is 5.76. The predicted octanol–water partition coefficient (Wildman–Crippen LogP) is 3.78. The quantitative estimate of drug-likeness (QED) is 0.796. The molecule has 0 saturated heterocycles. The zero-order valence-corrected chi connectivity index (χ0v) is 16.0. The van der Waals surface area contributed by atoms with E-state index in [0.29, 0.717) is 15.9 Å². The summed E-state index contributed by atoms with van der Waals surface area (Å²) < 4.78 is 7.05. The molecule has 0 aliphatic carbocycles. The molecule has 0 atom stereocenters. The van der Waals surface area contributed by atoms with Crippen molar-refractivity contribution in [3.8, 4) is 11.4 Å². The fourth-order valence-electron chi connectivity index (χ4n) is 2.79. The molecule has 1 aromatic carbocycles. The van der Waals surface area contributed by atoms with Crippen LogP contribution in [0, 0.1) is 5.41 Å². The number of hydrogen-bond donors (Lipinski definition) is 1. The molecule has 7 nitrogen and oxygen atoms in total. The maximum absolute atomic E-state index is 12.4. The van der Waals surface area contributed by atoms with Crippen LogP contribution in [0.5, 0.6) is 5.75 Å². The van der Waals surface area contributed by atoms with Crippen LogP contribution in [-0.4, -0.2) is 38.6 Å². The van der Waals surface area contributed by atoms with Gasteiger partial charge in [-0.05, 0) is 55.1 Å². The molecule has 4 rings (SSSR count). The summed E-state index contributed by atoms with van der Waals surface area (Å²) in [6, 6.07) is 9.11. The van der Waals surface area contributed by atoms with Gasteiger partial charge in [0.1, 0.15) is 5.75 Å². The second-order valence-corrected chi connectivity index (χ2v) is 7.33. The van der Waals surface area contributed by atoms with Crippen molar-refractivity contribution in [1.82, 2.24) is 9.58 Å². The Balaban J connectivity index is 1.74. The van der Waals surface area contributed by atoms with Gasteiger partial charge in [-0.15, -0.1) is 0 Å². The number of carbonyl (C=O) groups excluding carboxylic acids is 1.